The summed E-state index contributed by atoms with van der Waals surface area (Å²) >= 11 is 3.48. The lowest BCUT2D eigenvalue weighted by Gasteiger charge is -2.13. The lowest BCUT2D eigenvalue weighted by atomic mass is 10.2. The van der Waals surface area contributed by atoms with Gasteiger partial charge in [0.1, 0.15) is 24.7 Å². The van der Waals surface area contributed by atoms with Gasteiger partial charge in [-0.25, -0.2) is 0 Å². The van der Waals surface area contributed by atoms with Crippen molar-refractivity contribution in [1.29, 1.82) is 0 Å². The largest absolute Gasteiger partial charge is 0.491 e. The fraction of sp³-hybridized carbons (Fsp3) is 0.409. The van der Waals surface area contributed by atoms with Crippen LogP contribution in [-0.2, 0) is 9.47 Å². The lowest BCUT2D eigenvalue weighted by Crippen LogP contribution is -2.16. The molecule has 0 aliphatic carbocycles. The zero-order chi connectivity index (χ0) is 20.5. The minimum atomic E-state index is -0.193. The Balaban J connectivity index is 1.51. The topological polar surface area (TPSA) is 66.0 Å². The summed E-state index contributed by atoms with van der Waals surface area (Å²) in [4.78, 5) is 12.5. The van der Waals surface area contributed by atoms with E-state index >= 15 is 0 Å². The van der Waals surface area contributed by atoms with Crippen LogP contribution in [0.3, 0.4) is 0 Å². The van der Waals surface area contributed by atoms with E-state index in [1.54, 1.807) is 18.2 Å². The minimum absolute atomic E-state index is 0.149. The van der Waals surface area contributed by atoms with E-state index in [1.807, 2.05) is 31.2 Å². The highest BCUT2D eigenvalue weighted by Gasteiger charge is 2.17. The van der Waals surface area contributed by atoms with Crippen molar-refractivity contribution >= 4 is 27.5 Å². The van der Waals surface area contributed by atoms with Crippen molar-refractivity contribution < 1.29 is 23.7 Å². The van der Waals surface area contributed by atoms with E-state index in [1.165, 1.54) is 0 Å². The third kappa shape index (κ3) is 6.73. The Hall–Kier alpha value is -2.09. The van der Waals surface area contributed by atoms with Crippen LogP contribution in [0.2, 0.25) is 0 Å². The van der Waals surface area contributed by atoms with Crippen LogP contribution in [0.15, 0.2) is 46.9 Å². The first-order valence-electron chi connectivity index (χ1n) is 9.81. The van der Waals surface area contributed by atoms with Gasteiger partial charge in [0.25, 0.3) is 5.91 Å². The van der Waals surface area contributed by atoms with Gasteiger partial charge in [0, 0.05) is 24.5 Å². The normalized spacial score (nSPS) is 15.9. The van der Waals surface area contributed by atoms with Gasteiger partial charge in [-0.3, -0.25) is 4.79 Å². The number of anilines is 1. The molecule has 1 unspecified atom stereocenters. The van der Waals surface area contributed by atoms with E-state index in [9.17, 15) is 4.79 Å². The first kappa shape index (κ1) is 21.6. The maximum Gasteiger partial charge on any atom is 0.255 e. The molecule has 156 valence electrons. The third-order valence-electron chi connectivity index (χ3n) is 4.46. The van der Waals surface area contributed by atoms with Gasteiger partial charge in [-0.2, -0.15) is 0 Å². The molecule has 6 nitrogen and oxygen atoms in total. The summed E-state index contributed by atoms with van der Waals surface area (Å²) in [6.07, 6.45) is 2.25. The van der Waals surface area contributed by atoms with Crippen LogP contribution in [0.25, 0.3) is 0 Å². The van der Waals surface area contributed by atoms with Crippen LogP contribution in [0, 0.1) is 0 Å². The highest BCUT2D eigenvalue weighted by Crippen LogP contribution is 2.27. The molecule has 2 aromatic carbocycles. The Morgan fingerprint density at radius 3 is 2.69 bits per heavy atom. The highest BCUT2D eigenvalue weighted by atomic mass is 79.9. The second kappa shape index (κ2) is 11.2. The maximum atomic E-state index is 12.5. The van der Waals surface area contributed by atoms with E-state index < -0.39 is 0 Å². The van der Waals surface area contributed by atoms with E-state index in [0.717, 1.165) is 29.7 Å². The first-order chi connectivity index (χ1) is 14.2. The van der Waals surface area contributed by atoms with Gasteiger partial charge in [-0.05, 0) is 78.2 Å². The molecule has 1 atom stereocenters. The summed E-state index contributed by atoms with van der Waals surface area (Å²) in [6, 6.07) is 12.5. The summed E-state index contributed by atoms with van der Waals surface area (Å²) in [5, 5.41) is 2.88. The molecule has 1 saturated heterocycles. The van der Waals surface area contributed by atoms with Crippen LogP contribution < -0.4 is 14.8 Å². The molecule has 1 aliphatic rings. The number of ether oxygens (including phenoxy) is 4. The predicted octanol–water partition coefficient (Wildman–Crippen LogP) is 4.67. The quantitative estimate of drug-likeness (QED) is 0.518. The number of hydrogen-bond donors (Lipinski definition) is 1. The Kier molecular flexibility index (Phi) is 8.34. The fourth-order valence-corrected chi connectivity index (χ4v) is 3.41. The summed E-state index contributed by atoms with van der Waals surface area (Å²) in [5.41, 5.74) is 1.24. The van der Waals surface area contributed by atoms with Crippen molar-refractivity contribution in [3.05, 3.63) is 52.5 Å². The lowest BCUT2D eigenvalue weighted by molar-refractivity contribution is 0.0677. The Morgan fingerprint density at radius 2 is 2.00 bits per heavy atom. The Morgan fingerprint density at radius 1 is 1.17 bits per heavy atom. The Labute approximate surface area is 179 Å². The van der Waals surface area contributed by atoms with E-state index in [0.29, 0.717) is 43.4 Å². The van der Waals surface area contributed by atoms with Crippen molar-refractivity contribution in [3.63, 3.8) is 0 Å². The molecule has 0 bridgehead atoms. The van der Waals surface area contributed by atoms with E-state index in [4.69, 9.17) is 18.9 Å². The highest BCUT2D eigenvalue weighted by molar-refractivity contribution is 9.10. The van der Waals surface area contributed by atoms with Crippen LogP contribution >= 0.6 is 15.9 Å². The third-order valence-corrected chi connectivity index (χ3v) is 5.08. The second-order valence-electron chi connectivity index (χ2n) is 6.62. The SMILES string of the molecule is CCOCCOc1ccc(NC(=O)c2ccc(OCC3CCCO3)c(Br)c2)cc1. The van der Waals surface area contributed by atoms with Gasteiger partial charge in [0.05, 0.1) is 17.2 Å². The molecule has 7 heteroatoms. The average molecular weight is 464 g/mol. The molecule has 0 radical (unpaired) electrons. The summed E-state index contributed by atoms with van der Waals surface area (Å²) < 4.78 is 22.9. The zero-order valence-electron chi connectivity index (χ0n) is 16.5. The molecular weight excluding hydrogens is 438 g/mol. The summed E-state index contributed by atoms with van der Waals surface area (Å²) in [7, 11) is 0. The van der Waals surface area contributed by atoms with E-state index in [2.05, 4.69) is 21.2 Å². The number of hydrogen-bond acceptors (Lipinski definition) is 5. The van der Waals surface area contributed by atoms with E-state index in [-0.39, 0.29) is 12.0 Å². The first-order valence-corrected chi connectivity index (χ1v) is 10.6. The van der Waals surface area contributed by atoms with Gasteiger partial charge < -0.3 is 24.3 Å². The van der Waals surface area contributed by atoms with Crippen LogP contribution in [0.4, 0.5) is 5.69 Å². The number of amides is 1. The Bertz CT molecular complexity index is 790. The maximum absolute atomic E-state index is 12.5. The van der Waals surface area contributed by atoms with Gasteiger partial charge in [-0.1, -0.05) is 0 Å². The van der Waals surface area contributed by atoms with Crippen molar-refractivity contribution in [2.24, 2.45) is 0 Å². The summed E-state index contributed by atoms with van der Waals surface area (Å²) in [6.45, 7) is 4.98. The smallest absolute Gasteiger partial charge is 0.255 e. The standard InChI is InChI=1S/C22H26BrNO5/c1-2-26-12-13-28-18-8-6-17(7-9-18)24-22(25)16-5-10-21(20(23)14-16)29-15-19-4-3-11-27-19/h5-10,14,19H,2-4,11-13,15H2,1H3,(H,24,25). The van der Waals surface area contributed by atoms with Crippen molar-refractivity contribution in [1.82, 2.24) is 0 Å². The van der Waals surface area contributed by atoms with Gasteiger partial charge in [-0.15, -0.1) is 0 Å². The van der Waals surface area contributed by atoms with Crippen LogP contribution in [0.1, 0.15) is 30.1 Å². The molecule has 1 aliphatic heterocycles. The molecule has 1 heterocycles. The summed E-state index contributed by atoms with van der Waals surface area (Å²) in [5.74, 6) is 1.24. The molecule has 0 spiro atoms. The molecular formula is C22H26BrNO5. The number of halogens is 1. The number of carbonyl (C=O) groups is 1. The molecule has 1 amide bonds. The molecule has 1 N–H and O–H groups in total. The van der Waals surface area contributed by atoms with Crippen molar-refractivity contribution in [2.45, 2.75) is 25.9 Å². The molecule has 3 rings (SSSR count). The number of carbonyl (C=O) groups excluding carboxylic acids is 1. The second-order valence-corrected chi connectivity index (χ2v) is 7.47. The number of benzene rings is 2. The molecule has 0 aromatic heterocycles. The molecule has 29 heavy (non-hydrogen) atoms. The van der Waals surface area contributed by atoms with Crippen molar-refractivity contribution in [3.8, 4) is 11.5 Å². The van der Waals surface area contributed by atoms with Gasteiger partial charge in [0.2, 0.25) is 0 Å². The van der Waals surface area contributed by atoms with Gasteiger partial charge in [0.15, 0.2) is 0 Å². The number of rotatable bonds is 10. The zero-order valence-corrected chi connectivity index (χ0v) is 18.1. The molecule has 1 fully saturated rings. The van der Waals surface area contributed by atoms with Crippen LogP contribution in [0.5, 0.6) is 11.5 Å². The molecule has 0 saturated carbocycles. The number of nitrogens with one attached hydrogen (secondary N) is 1. The monoisotopic (exact) mass is 463 g/mol. The molecule has 2 aromatic rings. The van der Waals surface area contributed by atoms with Gasteiger partial charge >= 0.3 is 0 Å². The van der Waals surface area contributed by atoms with Crippen molar-refractivity contribution in [2.75, 3.05) is 38.4 Å². The minimum Gasteiger partial charge on any atom is -0.491 e. The van der Waals surface area contributed by atoms with Crippen LogP contribution in [-0.4, -0.2) is 45.0 Å². The average Bonchev–Trinajstić information content (AvgIpc) is 3.25. The predicted molar refractivity (Wildman–Crippen MR) is 115 cm³/mol. The fourth-order valence-electron chi connectivity index (χ4n) is 2.92.